The number of carbonyl (C=O) groups is 3. The highest BCUT2D eigenvalue weighted by molar-refractivity contribution is 6.09. The molecule has 160 valence electrons. The first-order chi connectivity index (χ1) is 13.9. The van der Waals surface area contributed by atoms with Crippen LogP contribution in [0.15, 0.2) is 36.4 Å². The SMILES string of the molecule is COC(=O)c1cccc(N(CC(=O)OC(C)(C)C)C(=O)c2c(F)cc(F)cc2F)c1. The van der Waals surface area contributed by atoms with E-state index in [9.17, 15) is 27.6 Å². The summed E-state index contributed by atoms with van der Waals surface area (Å²) in [5.41, 5.74) is -1.91. The van der Waals surface area contributed by atoms with E-state index in [1.165, 1.54) is 24.3 Å². The van der Waals surface area contributed by atoms with Gasteiger partial charge in [0, 0.05) is 17.8 Å². The molecular weight excluding hydrogens is 403 g/mol. The maximum Gasteiger partial charge on any atom is 0.337 e. The van der Waals surface area contributed by atoms with E-state index in [0.29, 0.717) is 12.1 Å². The summed E-state index contributed by atoms with van der Waals surface area (Å²) in [5.74, 6) is -6.90. The highest BCUT2D eigenvalue weighted by atomic mass is 19.1. The Labute approximate surface area is 171 Å². The Kier molecular flexibility index (Phi) is 6.86. The van der Waals surface area contributed by atoms with E-state index in [0.717, 1.165) is 12.0 Å². The first kappa shape index (κ1) is 22.9. The second-order valence-corrected chi connectivity index (χ2v) is 7.26. The van der Waals surface area contributed by atoms with Gasteiger partial charge in [-0.2, -0.15) is 0 Å². The first-order valence-electron chi connectivity index (χ1n) is 8.79. The minimum Gasteiger partial charge on any atom is -0.465 e. The number of hydrogen-bond acceptors (Lipinski definition) is 5. The molecule has 0 bridgehead atoms. The molecule has 0 spiro atoms. The smallest absolute Gasteiger partial charge is 0.337 e. The number of anilines is 1. The van der Waals surface area contributed by atoms with Gasteiger partial charge in [0.05, 0.1) is 12.7 Å². The number of amides is 1. The average molecular weight is 423 g/mol. The fraction of sp³-hybridized carbons (Fsp3) is 0.286. The van der Waals surface area contributed by atoms with Crippen LogP contribution in [0.2, 0.25) is 0 Å². The topological polar surface area (TPSA) is 72.9 Å². The number of ether oxygens (including phenoxy) is 2. The molecular formula is C21H20F3NO5. The van der Waals surface area contributed by atoms with Crippen molar-refractivity contribution < 1.29 is 37.0 Å². The van der Waals surface area contributed by atoms with Crippen LogP contribution >= 0.6 is 0 Å². The minimum absolute atomic E-state index is 0.0168. The zero-order valence-corrected chi connectivity index (χ0v) is 16.8. The lowest BCUT2D eigenvalue weighted by molar-refractivity contribution is -0.152. The van der Waals surface area contributed by atoms with E-state index in [1.54, 1.807) is 20.8 Å². The molecule has 0 aliphatic heterocycles. The molecule has 0 saturated heterocycles. The Morgan fingerprint density at radius 1 is 1.00 bits per heavy atom. The molecule has 0 aromatic heterocycles. The number of hydrogen-bond donors (Lipinski definition) is 0. The van der Waals surface area contributed by atoms with Gasteiger partial charge in [-0.05, 0) is 39.0 Å². The van der Waals surface area contributed by atoms with Gasteiger partial charge in [-0.15, -0.1) is 0 Å². The summed E-state index contributed by atoms with van der Waals surface area (Å²) < 4.78 is 51.4. The van der Waals surface area contributed by atoms with Gasteiger partial charge < -0.3 is 9.47 Å². The van der Waals surface area contributed by atoms with E-state index in [2.05, 4.69) is 4.74 Å². The van der Waals surface area contributed by atoms with Crippen LogP contribution in [0.3, 0.4) is 0 Å². The normalized spacial score (nSPS) is 11.0. The van der Waals surface area contributed by atoms with E-state index in [1.807, 2.05) is 0 Å². The Morgan fingerprint density at radius 3 is 2.13 bits per heavy atom. The average Bonchev–Trinajstić information content (AvgIpc) is 2.63. The molecule has 0 saturated carbocycles. The number of nitrogens with zero attached hydrogens (tertiary/aromatic N) is 1. The molecule has 0 atom stereocenters. The van der Waals surface area contributed by atoms with E-state index < -0.39 is 53.0 Å². The lowest BCUT2D eigenvalue weighted by Gasteiger charge is -2.26. The lowest BCUT2D eigenvalue weighted by atomic mass is 10.1. The van der Waals surface area contributed by atoms with Gasteiger partial charge in [-0.1, -0.05) is 6.07 Å². The van der Waals surface area contributed by atoms with Gasteiger partial charge in [0.1, 0.15) is 35.2 Å². The van der Waals surface area contributed by atoms with Crippen LogP contribution in [0.25, 0.3) is 0 Å². The third kappa shape index (κ3) is 5.59. The van der Waals surface area contributed by atoms with E-state index in [-0.39, 0.29) is 11.3 Å². The quantitative estimate of drug-likeness (QED) is 0.683. The summed E-state index contributed by atoms with van der Waals surface area (Å²) in [7, 11) is 1.15. The van der Waals surface area contributed by atoms with E-state index >= 15 is 0 Å². The number of rotatable bonds is 5. The van der Waals surface area contributed by atoms with Gasteiger partial charge in [0.2, 0.25) is 0 Å². The number of methoxy groups -OCH3 is 1. The van der Waals surface area contributed by atoms with Crippen molar-refractivity contribution in [3.05, 3.63) is 65.0 Å². The molecule has 2 rings (SSSR count). The molecule has 0 aliphatic carbocycles. The first-order valence-corrected chi connectivity index (χ1v) is 8.79. The molecule has 0 unspecified atom stereocenters. The van der Waals surface area contributed by atoms with Crippen molar-refractivity contribution in [3.8, 4) is 0 Å². The van der Waals surface area contributed by atoms with Crippen molar-refractivity contribution in [1.82, 2.24) is 0 Å². The summed E-state index contributed by atoms with van der Waals surface area (Å²) >= 11 is 0. The zero-order chi connectivity index (χ0) is 22.6. The standard InChI is InChI=1S/C21H20F3NO5/c1-21(2,3)30-17(26)11-25(14-7-5-6-12(8-14)20(28)29-4)19(27)18-15(23)9-13(22)10-16(18)24/h5-10H,11H2,1-4H3. The monoisotopic (exact) mass is 423 g/mol. The number of esters is 2. The molecule has 2 aromatic rings. The van der Waals surface area contributed by atoms with Crippen molar-refractivity contribution in [2.24, 2.45) is 0 Å². The molecule has 0 N–H and O–H groups in total. The molecule has 9 heteroatoms. The molecule has 0 fully saturated rings. The van der Waals surface area contributed by atoms with Gasteiger partial charge in [-0.25, -0.2) is 18.0 Å². The highest BCUT2D eigenvalue weighted by Crippen LogP contribution is 2.23. The third-order valence-corrected chi connectivity index (χ3v) is 3.75. The molecule has 0 heterocycles. The summed E-state index contributed by atoms with van der Waals surface area (Å²) in [5, 5.41) is 0. The Bertz CT molecular complexity index is 962. The number of halogens is 3. The molecule has 0 aliphatic rings. The van der Waals surface area contributed by atoms with Crippen LogP contribution < -0.4 is 4.90 Å². The van der Waals surface area contributed by atoms with Crippen molar-refractivity contribution in [2.45, 2.75) is 26.4 Å². The summed E-state index contributed by atoms with van der Waals surface area (Å²) in [6.07, 6.45) is 0. The third-order valence-electron chi connectivity index (χ3n) is 3.75. The second-order valence-electron chi connectivity index (χ2n) is 7.26. The Morgan fingerprint density at radius 2 is 1.60 bits per heavy atom. The fourth-order valence-corrected chi connectivity index (χ4v) is 2.58. The Balaban J connectivity index is 2.53. The molecule has 6 nitrogen and oxygen atoms in total. The largest absolute Gasteiger partial charge is 0.465 e. The van der Waals surface area contributed by atoms with Crippen molar-refractivity contribution >= 4 is 23.5 Å². The van der Waals surface area contributed by atoms with Crippen molar-refractivity contribution in [2.75, 3.05) is 18.6 Å². The predicted molar refractivity (Wildman–Crippen MR) is 102 cm³/mol. The van der Waals surface area contributed by atoms with Gasteiger partial charge in [0.25, 0.3) is 5.91 Å². The molecule has 0 radical (unpaired) electrons. The van der Waals surface area contributed by atoms with Gasteiger partial charge in [-0.3, -0.25) is 14.5 Å². The molecule has 1 amide bonds. The van der Waals surface area contributed by atoms with Gasteiger partial charge >= 0.3 is 11.9 Å². The fourth-order valence-electron chi connectivity index (χ4n) is 2.58. The number of carbonyl (C=O) groups excluding carboxylic acids is 3. The van der Waals surface area contributed by atoms with Crippen LogP contribution in [0.1, 0.15) is 41.5 Å². The summed E-state index contributed by atoms with van der Waals surface area (Å²) in [4.78, 5) is 37.8. The van der Waals surface area contributed by atoms with Crippen molar-refractivity contribution in [1.29, 1.82) is 0 Å². The maximum atomic E-state index is 14.2. The predicted octanol–water partition coefficient (Wildman–Crippen LogP) is 3.88. The second kappa shape index (κ2) is 8.98. The van der Waals surface area contributed by atoms with Crippen molar-refractivity contribution in [3.63, 3.8) is 0 Å². The molecule has 2 aromatic carbocycles. The van der Waals surface area contributed by atoms with Crippen LogP contribution in [0, 0.1) is 17.5 Å². The number of benzene rings is 2. The minimum atomic E-state index is -1.43. The molecule has 30 heavy (non-hydrogen) atoms. The lowest BCUT2D eigenvalue weighted by Crippen LogP contribution is -2.39. The highest BCUT2D eigenvalue weighted by Gasteiger charge is 2.29. The van der Waals surface area contributed by atoms with E-state index in [4.69, 9.17) is 4.74 Å². The zero-order valence-electron chi connectivity index (χ0n) is 16.8. The van der Waals surface area contributed by atoms with Gasteiger partial charge in [0.15, 0.2) is 0 Å². The Hall–Kier alpha value is -3.36. The summed E-state index contributed by atoms with van der Waals surface area (Å²) in [6.45, 7) is 4.10. The maximum absolute atomic E-state index is 14.2. The van der Waals surface area contributed by atoms with Crippen LogP contribution in [-0.2, 0) is 14.3 Å². The van der Waals surface area contributed by atoms with Crippen LogP contribution in [-0.4, -0.2) is 37.1 Å². The van der Waals surface area contributed by atoms with Crippen LogP contribution in [0.4, 0.5) is 18.9 Å². The summed E-state index contributed by atoms with van der Waals surface area (Å²) in [6, 6.07) is 6.07. The van der Waals surface area contributed by atoms with Crippen LogP contribution in [0.5, 0.6) is 0 Å².